The molecule has 1 aromatic heterocycles. The fraction of sp³-hybridized carbons (Fsp3) is 0.375. The molecule has 1 heterocycles. The number of nitrogens with one attached hydrogen (secondary N) is 1. The first-order chi connectivity index (χ1) is 9.66. The van der Waals surface area contributed by atoms with E-state index in [9.17, 15) is 0 Å². The minimum absolute atomic E-state index is 0.715. The summed E-state index contributed by atoms with van der Waals surface area (Å²) in [5.74, 6) is 1.76. The van der Waals surface area contributed by atoms with Gasteiger partial charge in [-0.1, -0.05) is 23.7 Å². The predicted octanol–water partition coefficient (Wildman–Crippen LogP) is 3.64. The van der Waals surface area contributed by atoms with Gasteiger partial charge in [-0.15, -0.1) is 0 Å². The summed E-state index contributed by atoms with van der Waals surface area (Å²) >= 11 is 6.16. The summed E-state index contributed by atoms with van der Waals surface area (Å²) in [5, 5.41) is 4.10. The van der Waals surface area contributed by atoms with Crippen LogP contribution in [-0.2, 0) is 6.54 Å². The standard InChI is InChI=1S/C16H21ClN2O/c1-19(2)11-5-10-18-12-13-8-9-16(20-13)14-6-3-4-7-15(14)17/h3-4,6-9,18H,5,10-12H2,1-2H3. The van der Waals surface area contributed by atoms with Gasteiger partial charge in [0.2, 0.25) is 0 Å². The van der Waals surface area contributed by atoms with Crippen molar-refractivity contribution in [1.29, 1.82) is 0 Å². The maximum atomic E-state index is 6.16. The van der Waals surface area contributed by atoms with Crippen molar-refractivity contribution in [3.8, 4) is 11.3 Å². The lowest BCUT2D eigenvalue weighted by molar-refractivity contribution is 0.391. The topological polar surface area (TPSA) is 28.4 Å². The zero-order valence-electron chi connectivity index (χ0n) is 12.0. The van der Waals surface area contributed by atoms with Gasteiger partial charge >= 0.3 is 0 Å². The number of nitrogens with zero attached hydrogens (tertiary/aromatic N) is 1. The van der Waals surface area contributed by atoms with Crippen LogP contribution in [0.2, 0.25) is 5.02 Å². The zero-order chi connectivity index (χ0) is 14.4. The lowest BCUT2D eigenvalue weighted by Gasteiger charge is -2.09. The SMILES string of the molecule is CN(C)CCCNCc1ccc(-c2ccccc2Cl)o1. The average Bonchev–Trinajstić information content (AvgIpc) is 2.87. The van der Waals surface area contributed by atoms with E-state index in [1.54, 1.807) is 0 Å². The van der Waals surface area contributed by atoms with Crippen LogP contribution >= 0.6 is 11.6 Å². The van der Waals surface area contributed by atoms with Gasteiger partial charge in [0.15, 0.2) is 0 Å². The van der Waals surface area contributed by atoms with E-state index in [1.165, 1.54) is 0 Å². The molecule has 0 amide bonds. The molecule has 0 spiro atoms. The summed E-state index contributed by atoms with van der Waals surface area (Å²) in [6.45, 7) is 2.83. The maximum absolute atomic E-state index is 6.16. The molecule has 0 bridgehead atoms. The molecule has 1 aromatic carbocycles. The summed E-state index contributed by atoms with van der Waals surface area (Å²) in [6.07, 6.45) is 1.13. The molecule has 4 heteroatoms. The Bertz CT molecular complexity index is 537. The fourth-order valence-corrected chi connectivity index (χ4v) is 2.24. The molecule has 0 aliphatic heterocycles. The van der Waals surface area contributed by atoms with Crippen LogP contribution in [0.5, 0.6) is 0 Å². The van der Waals surface area contributed by atoms with E-state index in [2.05, 4.69) is 24.3 Å². The molecular formula is C16H21ClN2O. The van der Waals surface area contributed by atoms with Crippen molar-refractivity contribution in [3.05, 3.63) is 47.2 Å². The molecule has 20 heavy (non-hydrogen) atoms. The smallest absolute Gasteiger partial charge is 0.135 e. The first-order valence-electron chi connectivity index (χ1n) is 6.86. The third kappa shape index (κ3) is 4.37. The molecule has 3 nitrogen and oxygen atoms in total. The van der Waals surface area contributed by atoms with Crippen molar-refractivity contribution in [2.75, 3.05) is 27.2 Å². The molecule has 108 valence electrons. The fourth-order valence-electron chi connectivity index (χ4n) is 2.01. The molecule has 1 N–H and O–H groups in total. The van der Waals surface area contributed by atoms with E-state index in [1.807, 2.05) is 36.4 Å². The second kappa shape index (κ2) is 7.48. The first-order valence-corrected chi connectivity index (χ1v) is 7.23. The van der Waals surface area contributed by atoms with E-state index in [0.29, 0.717) is 5.02 Å². The Hall–Kier alpha value is -1.29. The number of rotatable bonds is 7. The van der Waals surface area contributed by atoms with Gasteiger partial charge in [-0.3, -0.25) is 0 Å². The summed E-state index contributed by atoms with van der Waals surface area (Å²) in [4.78, 5) is 2.18. The van der Waals surface area contributed by atoms with Crippen molar-refractivity contribution in [2.45, 2.75) is 13.0 Å². The molecule has 0 saturated carbocycles. The van der Waals surface area contributed by atoms with Gasteiger partial charge in [-0.2, -0.15) is 0 Å². The summed E-state index contributed by atoms with van der Waals surface area (Å²) < 4.78 is 5.82. The highest BCUT2D eigenvalue weighted by atomic mass is 35.5. The average molecular weight is 293 g/mol. The van der Waals surface area contributed by atoms with Crippen LogP contribution in [-0.4, -0.2) is 32.1 Å². The highest BCUT2D eigenvalue weighted by molar-refractivity contribution is 6.33. The van der Waals surface area contributed by atoms with Crippen LogP contribution in [0.15, 0.2) is 40.8 Å². The van der Waals surface area contributed by atoms with Crippen LogP contribution < -0.4 is 5.32 Å². The van der Waals surface area contributed by atoms with Crippen molar-refractivity contribution in [2.24, 2.45) is 0 Å². The van der Waals surface area contributed by atoms with Gasteiger partial charge in [-0.05, 0) is 57.9 Å². The lowest BCUT2D eigenvalue weighted by atomic mass is 10.2. The lowest BCUT2D eigenvalue weighted by Crippen LogP contribution is -2.20. The van der Waals surface area contributed by atoms with Crippen molar-refractivity contribution in [3.63, 3.8) is 0 Å². The minimum atomic E-state index is 0.715. The predicted molar refractivity (Wildman–Crippen MR) is 84.0 cm³/mol. The van der Waals surface area contributed by atoms with E-state index < -0.39 is 0 Å². The highest BCUT2D eigenvalue weighted by Gasteiger charge is 2.07. The Balaban J connectivity index is 1.85. The molecule has 0 saturated heterocycles. The number of furan rings is 1. The third-order valence-electron chi connectivity index (χ3n) is 3.06. The zero-order valence-corrected chi connectivity index (χ0v) is 12.8. The van der Waals surface area contributed by atoms with Crippen LogP contribution in [0.4, 0.5) is 0 Å². The monoisotopic (exact) mass is 292 g/mol. The Morgan fingerprint density at radius 2 is 1.95 bits per heavy atom. The van der Waals surface area contributed by atoms with Gasteiger partial charge in [0.25, 0.3) is 0 Å². The van der Waals surface area contributed by atoms with Gasteiger partial charge < -0.3 is 14.6 Å². The van der Waals surface area contributed by atoms with Crippen LogP contribution in [0, 0.1) is 0 Å². The Morgan fingerprint density at radius 3 is 2.70 bits per heavy atom. The molecule has 0 aliphatic rings. The maximum Gasteiger partial charge on any atom is 0.135 e. The Kier molecular flexibility index (Phi) is 5.65. The molecule has 0 fully saturated rings. The number of benzene rings is 1. The van der Waals surface area contributed by atoms with E-state index in [4.69, 9.17) is 16.0 Å². The normalized spacial score (nSPS) is 11.2. The van der Waals surface area contributed by atoms with Gasteiger partial charge in [0, 0.05) is 5.56 Å². The summed E-state index contributed by atoms with van der Waals surface area (Å²) in [5.41, 5.74) is 0.938. The largest absolute Gasteiger partial charge is 0.460 e. The molecule has 0 atom stereocenters. The van der Waals surface area contributed by atoms with Crippen molar-refractivity contribution >= 4 is 11.6 Å². The van der Waals surface area contributed by atoms with Gasteiger partial charge in [-0.25, -0.2) is 0 Å². The second-order valence-electron chi connectivity index (χ2n) is 5.08. The summed E-state index contributed by atoms with van der Waals surface area (Å²) in [7, 11) is 4.17. The van der Waals surface area contributed by atoms with Crippen molar-refractivity contribution in [1.82, 2.24) is 10.2 Å². The first kappa shape index (κ1) is 15.1. The number of hydrogen-bond acceptors (Lipinski definition) is 3. The van der Waals surface area contributed by atoms with Crippen LogP contribution in [0.3, 0.4) is 0 Å². The molecule has 0 aliphatic carbocycles. The van der Waals surface area contributed by atoms with E-state index >= 15 is 0 Å². The minimum Gasteiger partial charge on any atom is -0.460 e. The Labute approximate surface area is 125 Å². The number of hydrogen-bond donors (Lipinski definition) is 1. The Morgan fingerprint density at radius 1 is 1.15 bits per heavy atom. The molecule has 2 rings (SSSR count). The van der Waals surface area contributed by atoms with E-state index in [-0.39, 0.29) is 0 Å². The highest BCUT2D eigenvalue weighted by Crippen LogP contribution is 2.28. The van der Waals surface area contributed by atoms with Crippen LogP contribution in [0.1, 0.15) is 12.2 Å². The van der Waals surface area contributed by atoms with Crippen molar-refractivity contribution < 1.29 is 4.42 Å². The second-order valence-corrected chi connectivity index (χ2v) is 5.49. The molecular weight excluding hydrogens is 272 g/mol. The third-order valence-corrected chi connectivity index (χ3v) is 3.39. The van der Waals surface area contributed by atoms with Gasteiger partial charge in [0.1, 0.15) is 11.5 Å². The molecule has 2 aromatic rings. The summed E-state index contributed by atoms with van der Waals surface area (Å²) in [6, 6.07) is 11.7. The number of halogens is 1. The molecule has 0 unspecified atom stereocenters. The van der Waals surface area contributed by atoms with Gasteiger partial charge in [0.05, 0.1) is 11.6 Å². The quantitative estimate of drug-likeness (QED) is 0.790. The molecule has 0 radical (unpaired) electrons. The van der Waals surface area contributed by atoms with Crippen LogP contribution in [0.25, 0.3) is 11.3 Å². The van der Waals surface area contributed by atoms with E-state index in [0.717, 1.165) is 43.1 Å².